The summed E-state index contributed by atoms with van der Waals surface area (Å²) in [5.41, 5.74) is 2.75. The lowest BCUT2D eigenvalue weighted by Gasteiger charge is -2.41. The van der Waals surface area contributed by atoms with Gasteiger partial charge in [-0.25, -0.2) is 0 Å². The standard InChI is InChI=1S/C19H20BrNO3/c1-8-5-10(20)6-9(2)17(8)21-18(22)15-11-3-4-12(14-7-13(11)14)16(15)19(23)24/h3-6,11-16H,7H2,1-2H3,(H,21,22)(H,23,24)/t11-,12-,13-,14-,15+,16+/m0/s1. The second-order valence-corrected chi connectivity index (χ2v) is 8.31. The summed E-state index contributed by atoms with van der Waals surface area (Å²) in [6.07, 6.45) is 5.19. The third-order valence-corrected chi connectivity index (χ3v) is 6.44. The van der Waals surface area contributed by atoms with E-state index in [-0.39, 0.29) is 17.7 Å². The molecule has 0 aromatic heterocycles. The molecule has 6 atom stereocenters. The number of fused-ring (bicyclic) bond motifs is 1. The highest BCUT2D eigenvalue weighted by Gasteiger charge is 2.63. The SMILES string of the molecule is Cc1cc(Br)cc(C)c1NC(=O)[C@@H]1[C@H]2C=C[C@@H]([C@@H]3C[C@@H]23)[C@H]1C(=O)O. The van der Waals surface area contributed by atoms with E-state index in [0.717, 1.165) is 27.7 Å². The van der Waals surface area contributed by atoms with Gasteiger partial charge >= 0.3 is 5.97 Å². The molecular weight excluding hydrogens is 370 g/mol. The number of allylic oxidation sites excluding steroid dienone is 2. The van der Waals surface area contributed by atoms with Gasteiger partial charge in [0.15, 0.2) is 0 Å². The first kappa shape index (κ1) is 15.9. The molecule has 126 valence electrons. The number of hydrogen-bond donors (Lipinski definition) is 2. The van der Waals surface area contributed by atoms with Crippen LogP contribution >= 0.6 is 15.9 Å². The first-order chi connectivity index (χ1) is 11.4. The lowest BCUT2D eigenvalue weighted by atomic mass is 9.62. The molecule has 2 N–H and O–H groups in total. The van der Waals surface area contributed by atoms with Gasteiger partial charge in [-0.2, -0.15) is 0 Å². The van der Waals surface area contributed by atoms with Crippen molar-refractivity contribution in [1.29, 1.82) is 0 Å². The summed E-state index contributed by atoms with van der Waals surface area (Å²) in [4.78, 5) is 24.8. The van der Waals surface area contributed by atoms with Crippen LogP contribution in [0.1, 0.15) is 17.5 Å². The predicted molar refractivity (Wildman–Crippen MR) is 94.6 cm³/mol. The molecule has 5 heteroatoms. The molecule has 4 aliphatic rings. The van der Waals surface area contributed by atoms with E-state index in [2.05, 4.69) is 27.3 Å². The van der Waals surface area contributed by atoms with Crippen LogP contribution in [0.3, 0.4) is 0 Å². The summed E-state index contributed by atoms with van der Waals surface area (Å²) in [7, 11) is 0. The summed E-state index contributed by atoms with van der Waals surface area (Å²) in [5.74, 6) is -1.01. The van der Waals surface area contributed by atoms with Gasteiger partial charge in [-0.05, 0) is 67.2 Å². The minimum absolute atomic E-state index is 0.0142. The number of carboxylic acid groups (broad SMARTS) is 1. The van der Waals surface area contributed by atoms with E-state index >= 15 is 0 Å². The number of hydrogen-bond acceptors (Lipinski definition) is 2. The molecule has 0 unspecified atom stereocenters. The largest absolute Gasteiger partial charge is 0.481 e. The van der Waals surface area contributed by atoms with E-state index in [4.69, 9.17) is 0 Å². The van der Waals surface area contributed by atoms with Crippen molar-refractivity contribution in [3.63, 3.8) is 0 Å². The third kappa shape index (κ3) is 2.32. The minimum Gasteiger partial charge on any atom is -0.481 e. The van der Waals surface area contributed by atoms with Crippen LogP contribution in [0.5, 0.6) is 0 Å². The van der Waals surface area contributed by atoms with Gasteiger partial charge < -0.3 is 10.4 Å². The molecule has 0 spiro atoms. The van der Waals surface area contributed by atoms with Crippen molar-refractivity contribution in [3.8, 4) is 0 Å². The van der Waals surface area contributed by atoms with Crippen molar-refractivity contribution in [2.24, 2.45) is 35.5 Å². The number of carbonyl (C=O) groups is 2. The maximum absolute atomic E-state index is 13.0. The number of nitrogens with one attached hydrogen (secondary N) is 1. The number of benzene rings is 1. The first-order valence-corrected chi connectivity index (χ1v) is 9.16. The predicted octanol–water partition coefficient (Wildman–Crippen LogP) is 3.77. The van der Waals surface area contributed by atoms with Gasteiger partial charge in [-0.1, -0.05) is 28.1 Å². The number of halogens is 1. The molecule has 1 aromatic carbocycles. The van der Waals surface area contributed by atoms with Crippen LogP contribution in [0.2, 0.25) is 0 Å². The molecule has 5 rings (SSSR count). The fourth-order valence-corrected chi connectivity index (χ4v) is 5.57. The van der Waals surface area contributed by atoms with Crippen LogP contribution in [-0.2, 0) is 9.59 Å². The van der Waals surface area contributed by atoms with E-state index < -0.39 is 17.8 Å². The Morgan fingerprint density at radius 2 is 1.62 bits per heavy atom. The zero-order valence-electron chi connectivity index (χ0n) is 13.6. The molecule has 0 saturated heterocycles. The van der Waals surface area contributed by atoms with Crippen LogP contribution in [0.15, 0.2) is 28.8 Å². The molecule has 0 aliphatic heterocycles. The lowest BCUT2D eigenvalue weighted by molar-refractivity contribution is -0.152. The van der Waals surface area contributed by atoms with Crippen molar-refractivity contribution in [3.05, 3.63) is 39.9 Å². The van der Waals surface area contributed by atoms with Crippen molar-refractivity contribution < 1.29 is 14.7 Å². The number of amides is 1. The van der Waals surface area contributed by atoms with E-state index in [1.807, 2.05) is 32.1 Å². The Hall–Kier alpha value is -1.62. The number of carboxylic acids is 1. The maximum atomic E-state index is 13.0. The van der Waals surface area contributed by atoms with E-state index in [1.165, 1.54) is 0 Å². The average molecular weight is 390 g/mol. The van der Waals surface area contributed by atoms with Gasteiger partial charge in [-0.3, -0.25) is 9.59 Å². The molecule has 0 heterocycles. The maximum Gasteiger partial charge on any atom is 0.307 e. The van der Waals surface area contributed by atoms with Crippen molar-refractivity contribution >= 4 is 33.5 Å². The van der Waals surface area contributed by atoms with E-state index in [0.29, 0.717) is 11.8 Å². The Morgan fingerprint density at radius 3 is 2.17 bits per heavy atom. The Morgan fingerprint density at radius 1 is 1.08 bits per heavy atom. The van der Waals surface area contributed by atoms with Crippen LogP contribution in [0, 0.1) is 49.4 Å². The molecule has 1 aromatic rings. The van der Waals surface area contributed by atoms with Crippen LogP contribution < -0.4 is 5.32 Å². The highest BCUT2D eigenvalue weighted by atomic mass is 79.9. The summed E-state index contributed by atoms with van der Waals surface area (Å²) >= 11 is 3.46. The van der Waals surface area contributed by atoms with Gasteiger partial charge in [0.25, 0.3) is 0 Å². The van der Waals surface area contributed by atoms with Crippen LogP contribution in [0.25, 0.3) is 0 Å². The highest BCUT2D eigenvalue weighted by Crippen LogP contribution is 2.63. The Labute approximate surface area is 149 Å². The number of aryl methyl sites for hydroxylation is 2. The fourth-order valence-electron chi connectivity index (χ4n) is 4.88. The van der Waals surface area contributed by atoms with Crippen molar-refractivity contribution in [2.75, 3.05) is 5.32 Å². The van der Waals surface area contributed by atoms with Crippen LogP contribution in [-0.4, -0.2) is 17.0 Å². The molecule has 1 amide bonds. The molecule has 2 saturated carbocycles. The smallest absolute Gasteiger partial charge is 0.307 e. The topological polar surface area (TPSA) is 66.4 Å². The van der Waals surface area contributed by atoms with Crippen LogP contribution in [0.4, 0.5) is 5.69 Å². The molecule has 0 radical (unpaired) electrons. The number of rotatable bonds is 3. The van der Waals surface area contributed by atoms with Gasteiger partial charge in [-0.15, -0.1) is 0 Å². The van der Waals surface area contributed by atoms with Gasteiger partial charge in [0.1, 0.15) is 0 Å². The van der Waals surface area contributed by atoms with Gasteiger partial charge in [0.05, 0.1) is 11.8 Å². The first-order valence-electron chi connectivity index (χ1n) is 8.37. The van der Waals surface area contributed by atoms with Gasteiger partial charge in [0, 0.05) is 10.2 Å². The molecule has 24 heavy (non-hydrogen) atoms. The number of carbonyl (C=O) groups excluding carboxylic acids is 1. The average Bonchev–Trinajstić information content (AvgIpc) is 3.31. The summed E-state index contributed by atoms with van der Waals surface area (Å²) < 4.78 is 0.972. The number of aliphatic carboxylic acids is 1. The molecular formula is C19H20BrNO3. The molecule has 2 fully saturated rings. The van der Waals surface area contributed by atoms with Gasteiger partial charge in [0.2, 0.25) is 5.91 Å². The summed E-state index contributed by atoms with van der Waals surface area (Å²) in [5, 5.41) is 12.7. The van der Waals surface area contributed by atoms with E-state index in [9.17, 15) is 14.7 Å². The molecule has 4 nitrogen and oxygen atoms in total. The van der Waals surface area contributed by atoms with Crippen molar-refractivity contribution in [2.45, 2.75) is 20.3 Å². The number of anilines is 1. The molecule has 4 aliphatic carbocycles. The van der Waals surface area contributed by atoms with Crippen molar-refractivity contribution in [1.82, 2.24) is 0 Å². The Kier molecular flexibility index (Phi) is 3.60. The zero-order valence-corrected chi connectivity index (χ0v) is 15.2. The lowest BCUT2D eigenvalue weighted by Crippen LogP contribution is -2.48. The van der Waals surface area contributed by atoms with E-state index in [1.54, 1.807) is 0 Å². The Balaban J connectivity index is 1.65. The second kappa shape index (κ2) is 5.45. The second-order valence-electron chi connectivity index (χ2n) is 7.40. The molecule has 2 bridgehead atoms. The summed E-state index contributed by atoms with van der Waals surface area (Å²) in [6.45, 7) is 3.90. The monoisotopic (exact) mass is 389 g/mol. The fraction of sp³-hybridized carbons (Fsp3) is 0.474. The third-order valence-electron chi connectivity index (χ3n) is 5.99. The zero-order chi connectivity index (χ0) is 17.2. The normalized spacial score (nSPS) is 35.5. The summed E-state index contributed by atoms with van der Waals surface area (Å²) in [6, 6.07) is 3.92. The highest BCUT2D eigenvalue weighted by molar-refractivity contribution is 9.10. The minimum atomic E-state index is -0.843. The quantitative estimate of drug-likeness (QED) is 0.773. The Bertz CT molecular complexity index is 749.